The summed E-state index contributed by atoms with van der Waals surface area (Å²) in [5.74, 6) is -0.995. The SMILES string of the molecule is O=C(c1ccccc1Cl)N(Cc1ccc(Br)cc1)N1C(=O)[C@@H]2[C@@H]3CC[C@@H](C3)[C@@H]2C1=O. The molecule has 2 aromatic rings. The van der Waals surface area contributed by atoms with Crippen molar-refractivity contribution in [3.05, 3.63) is 69.2 Å². The molecule has 2 bridgehead atoms. The summed E-state index contributed by atoms with van der Waals surface area (Å²) in [4.78, 5) is 40.2. The first kappa shape index (κ1) is 19.8. The molecule has 0 aromatic heterocycles. The van der Waals surface area contributed by atoms with E-state index in [0.717, 1.165) is 34.3 Å². The van der Waals surface area contributed by atoms with Gasteiger partial charge in [0.2, 0.25) is 0 Å². The Hall–Kier alpha value is -2.18. The van der Waals surface area contributed by atoms with Gasteiger partial charge in [0.15, 0.2) is 0 Å². The van der Waals surface area contributed by atoms with Crippen LogP contribution in [0.3, 0.4) is 0 Å². The number of hydrogen-bond donors (Lipinski definition) is 0. The second-order valence-corrected chi connectivity index (χ2v) is 9.67. The summed E-state index contributed by atoms with van der Waals surface area (Å²) < 4.78 is 0.912. The van der Waals surface area contributed by atoms with Crippen LogP contribution < -0.4 is 0 Å². The average molecular weight is 488 g/mol. The Balaban J connectivity index is 1.53. The standard InChI is InChI=1S/C23H20BrClN2O3/c24-16-9-5-13(6-10-16)12-26(21(28)17-3-1-2-4-18(17)25)27-22(29)19-14-7-8-15(11-14)20(19)23(27)30/h1-6,9-10,14-15,19-20H,7-8,11-12H2/t14-,15+,19-,20+. The second-order valence-electron chi connectivity index (χ2n) is 8.34. The van der Waals surface area contributed by atoms with Gasteiger partial charge in [-0.15, -0.1) is 0 Å². The van der Waals surface area contributed by atoms with Crippen LogP contribution in [-0.2, 0) is 16.1 Å². The number of carbonyl (C=O) groups is 3. The predicted molar refractivity (Wildman–Crippen MR) is 115 cm³/mol. The molecule has 0 unspecified atom stereocenters. The van der Waals surface area contributed by atoms with E-state index < -0.39 is 5.91 Å². The third kappa shape index (κ3) is 3.08. The molecular formula is C23H20BrClN2O3. The zero-order chi connectivity index (χ0) is 21.0. The minimum atomic E-state index is -0.447. The van der Waals surface area contributed by atoms with Gasteiger partial charge >= 0.3 is 0 Å². The van der Waals surface area contributed by atoms with Crippen LogP contribution in [0.1, 0.15) is 35.2 Å². The number of imide groups is 1. The van der Waals surface area contributed by atoms with E-state index in [2.05, 4.69) is 15.9 Å². The van der Waals surface area contributed by atoms with Crippen LogP contribution in [0.15, 0.2) is 53.0 Å². The number of rotatable bonds is 4. The summed E-state index contributed by atoms with van der Waals surface area (Å²) in [6.45, 7) is 0.115. The fourth-order valence-electron chi connectivity index (χ4n) is 5.40. The smallest absolute Gasteiger partial charge is 0.272 e. The van der Waals surface area contributed by atoms with E-state index in [-0.39, 0.29) is 47.6 Å². The van der Waals surface area contributed by atoms with Gasteiger partial charge in [0.1, 0.15) is 0 Å². The van der Waals surface area contributed by atoms with Gasteiger partial charge in [-0.25, -0.2) is 5.01 Å². The Morgan fingerprint density at radius 2 is 1.60 bits per heavy atom. The minimum Gasteiger partial charge on any atom is -0.272 e. The highest BCUT2D eigenvalue weighted by molar-refractivity contribution is 9.10. The largest absolute Gasteiger partial charge is 0.274 e. The molecule has 1 aliphatic heterocycles. The first-order valence-corrected chi connectivity index (χ1v) is 11.3. The zero-order valence-corrected chi connectivity index (χ0v) is 18.5. The molecule has 0 spiro atoms. The molecule has 3 amide bonds. The van der Waals surface area contributed by atoms with Gasteiger partial charge in [-0.2, -0.15) is 5.01 Å². The van der Waals surface area contributed by atoms with Crippen LogP contribution in [0.2, 0.25) is 5.02 Å². The molecule has 2 aliphatic carbocycles. The van der Waals surface area contributed by atoms with Crippen molar-refractivity contribution < 1.29 is 14.4 Å². The normalized spacial score (nSPS) is 26.9. The highest BCUT2D eigenvalue weighted by atomic mass is 79.9. The lowest BCUT2D eigenvalue weighted by atomic mass is 9.81. The van der Waals surface area contributed by atoms with Crippen molar-refractivity contribution in [1.82, 2.24) is 10.0 Å². The number of fused-ring (bicyclic) bond motifs is 5. The Morgan fingerprint density at radius 3 is 2.20 bits per heavy atom. The van der Waals surface area contributed by atoms with E-state index >= 15 is 0 Å². The maximum atomic E-state index is 13.5. The molecule has 154 valence electrons. The van der Waals surface area contributed by atoms with Crippen molar-refractivity contribution >= 4 is 45.3 Å². The van der Waals surface area contributed by atoms with Crippen molar-refractivity contribution in [1.29, 1.82) is 0 Å². The number of halogens is 2. The maximum absolute atomic E-state index is 13.5. The molecule has 3 fully saturated rings. The Kier molecular flexibility index (Phi) is 4.94. The predicted octanol–water partition coefficient (Wildman–Crippen LogP) is 4.69. The summed E-state index contributed by atoms with van der Waals surface area (Å²) in [6, 6.07) is 14.2. The quantitative estimate of drug-likeness (QED) is 0.588. The maximum Gasteiger partial charge on any atom is 0.274 e. The van der Waals surface area contributed by atoms with Gasteiger partial charge in [-0.1, -0.05) is 51.8 Å². The summed E-state index contributed by atoms with van der Waals surface area (Å²) in [5.41, 5.74) is 1.09. The van der Waals surface area contributed by atoms with Gasteiger partial charge in [0.25, 0.3) is 17.7 Å². The van der Waals surface area contributed by atoms with Gasteiger partial charge in [0, 0.05) is 4.47 Å². The van der Waals surface area contributed by atoms with Crippen LogP contribution in [-0.4, -0.2) is 27.7 Å². The van der Waals surface area contributed by atoms with Crippen molar-refractivity contribution in [2.75, 3.05) is 0 Å². The highest BCUT2D eigenvalue weighted by Crippen LogP contribution is 2.56. The number of amides is 3. The summed E-state index contributed by atoms with van der Waals surface area (Å²) >= 11 is 9.68. The van der Waals surface area contributed by atoms with Crippen LogP contribution >= 0.6 is 27.5 Å². The number of hydrogen-bond acceptors (Lipinski definition) is 3. The molecule has 3 aliphatic rings. The van der Waals surface area contributed by atoms with Crippen LogP contribution in [0.25, 0.3) is 0 Å². The average Bonchev–Trinajstić information content (AvgIpc) is 3.42. The number of hydrazine groups is 1. The van der Waals surface area contributed by atoms with Crippen molar-refractivity contribution in [3.63, 3.8) is 0 Å². The van der Waals surface area contributed by atoms with Crippen molar-refractivity contribution in [2.45, 2.75) is 25.8 Å². The molecule has 30 heavy (non-hydrogen) atoms. The van der Waals surface area contributed by atoms with Crippen molar-refractivity contribution in [3.8, 4) is 0 Å². The fraction of sp³-hybridized carbons (Fsp3) is 0.348. The Bertz CT molecular complexity index is 1010. The highest BCUT2D eigenvalue weighted by Gasteiger charge is 2.62. The second kappa shape index (κ2) is 7.50. The third-order valence-corrected chi connectivity index (χ3v) is 7.59. The summed E-state index contributed by atoms with van der Waals surface area (Å²) in [6.07, 6.45) is 2.93. The van der Waals surface area contributed by atoms with E-state index in [1.165, 1.54) is 5.01 Å². The van der Waals surface area contributed by atoms with Crippen LogP contribution in [0, 0.1) is 23.7 Å². The first-order valence-electron chi connectivity index (χ1n) is 10.1. The summed E-state index contributed by atoms with van der Waals surface area (Å²) in [7, 11) is 0. The lowest BCUT2D eigenvalue weighted by molar-refractivity contribution is -0.156. The molecule has 2 saturated carbocycles. The van der Waals surface area contributed by atoms with E-state index in [9.17, 15) is 14.4 Å². The molecule has 0 N–H and O–H groups in total. The lowest BCUT2D eigenvalue weighted by Gasteiger charge is -2.31. The molecule has 1 saturated heterocycles. The molecule has 0 radical (unpaired) electrons. The number of carbonyl (C=O) groups excluding carboxylic acids is 3. The lowest BCUT2D eigenvalue weighted by Crippen LogP contribution is -2.50. The van der Waals surface area contributed by atoms with Gasteiger partial charge < -0.3 is 0 Å². The van der Waals surface area contributed by atoms with E-state index in [1.54, 1.807) is 24.3 Å². The van der Waals surface area contributed by atoms with Crippen molar-refractivity contribution in [2.24, 2.45) is 23.7 Å². The first-order chi connectivity index (χ1) is 14.5. The zero-order valence-electron chi connectivity index (χ0n) is 16.1. The van der Waals surface area contributed by atoms with Gasteiger partial charge in [0.05, 0.1) is 29.0 Å². The van der Waals surface area contributed by atoms with Gasteiger partial charge in [-0.05, 0) is 60.9 Å². The van der Waals surface area contributed by atoms with Crippen LogP contribution in [0.5, 0.6) is 0 Å². The molecule has 4 atom stereocenters. The molecular weight excluding hydrogens is 468 g/mol. The Labute approximate surface area is 188 Å². The number of nitrogens with zero attached hydrogens (tertiary/aromatic N) is 2. The molecule has 7 heteroatoms. The van der Waals surface area contributed by atoms with E-state index in [4.69, 9.17) is 11.6 Å². The van der Waals surface area contributed by atoms with E-state index in [0.29, 0.717) is 5.02 Å². The number of benzene rings is 2. The van der Waals surface area contributed by atoms with Gasteiger partial charge in [-0.3, -0.25) is 14.4 Å². The van der Waals surface area contributed by atoms with Crippen LogP contribution in [0.4, 0.5) is 0 Å². The minimum absolute atomic E-state index is 0.115. The van der Waals surface area contributed by atoms with E-state index in [1.807, 2.05) is 24.3 Å². The third-order valence-electron chi connectivity index (χ3n) is 6.73. The molecule has 5 nitrogen and oxygen atoms in total. The molecule has 2 aromatic carbocycles. The topological polar surface area (TPSA) is 57.7 Å². The monoisotopic (exact) mass is 486 g/mol. The molecule has 1 heterocycles. The summed E-state index contributed by atoms with van der Waals surface area (Å²) in [5, 5.41) is 2.70. The Morgan fingerprint density at radius 1 is 1.00 bits per heavy atom. The molecule has 5 rings (SSSR count). The fourth-order valence-corrected chi connectivity index (χ4v) is 5.88.